The summed E-state index contributed by atoms with van der Waals surface area (Å²) in [4.78, 5) is 20.4. The molecular weight excluding hydrogens is 392 g/mol. The molecule has 0 aliphatic carbocycles. The molecule has 0 N–H and O–H groups in total. The molecule has 162 valence electrons. The normalized spacial score (nSPS) is 16.3. The Morgan fingerprint density at radius 1 is 1.00 bits per heavy atom. The lowest BCUT2D eigenvalue weighted by atomic mass is 9.99. The number of carbonyl (C=O) groups excluding carboxylic acids is 1. The predicted molar refractivity (Wildman–Crippen MR) is 121 cm³/mol. The van der Waals surface area contributed by atoms with Crippen molar-refractivity contribution in [1.29, 1.82) is 0 Å². The number of fused-ring (bicyclic) bond motifs is 1. The van der Waals surface area contributed by atoms with Crippen LogP contribution < -0.4 is 14.2 Å². The number of likely N-dealkylation sites (tertiary alicyclic amines) is 1. The Morgan fingerprint density at radius 3 is 2.35 bits per heavy atom. The Balaban J connectivity index is 1.88. The Bertz CT molecular complexity index is 1090. The fourth-order valence-corrected chi connectivity index (χ4v) is 4.28. The smallest absolute Gasteiger partial charge is 0.254 e. The number of nitrogens with zero attached hydrogens (tertiary/aromatic N) is 2. The molecule has 1 saturated heterocycles. The van der Waals surface area contributed by atoms with E-state index in [9.17, 15) is 4.79 Å². The molecule has 0 bridgehead atoms. The van der Waals surface area contributed by atoms with Gasteiger partial charge in [0, 0.05) is 23.5 Å². The van der Waals surface area contributed by atoms with Crippen molar-refractivity contribution in [2.75, 3.05) is 27.9 Å². The molecule has 3 aromatic rings. The molecule has 1 aliphatic heterocycles. The van der Waals surface area contributed by atoms with Crippen LogP contribution in [0.2, 0.25) is 0 Å². The predicted octanol–water partition coefficient (Wildman–Crippen LogP) is 4.94. The lowest BCUT2D eigenvalue weighted by molar-refractivity contribution is 0.0637. The molecule has 0 spiro atoms. The molecule has 0 radical (unpaired) electrons. The summed E-state index contributed by atoms with van der Waals surface area (Å²) in [6, 6.07) is 13.6. The first kappa shape index (κ1) is 21.0. The zero-order chi connectivity index (χ0) is 22.0. The molecule has 4 rings (SSSR count). The van der Waals surface area contributed by atoms with Gasteiger partial charge in [0.15, 0.2) is 11.5 Å². The molecule has 2 heterocycles. The first-order chi connectivity index (χ1) is 15.1. The van der Waals surface area contributed by atoms with E-state index in [2.05, 4.69) is 6.92 Å². The van der Waals surface area contributed by atoms with Gasteiger partial charge in [0.2, 0.25) is 5.75 Å². The zero-order valence-electron chi connectivity index (χ0n) is 18.5. The van der Waals surface area contributed by atoms with Gasteiger partial charge in [0.1, 0.15) is 0 Å². The van der Waals surface area contributed by atoms with Crippen LogP contribution in [0.3, 0.4) is 0 Å². The summed E-state index contributed by atoms with van der Waals surface area (Å²) in [6.07, 6.45) is 3.24. The van der Waals surface area contributed by atoms with Crippen molar-refractivity contribution >= 4 is 16.8 Å². The molecule has 6 heteroatoms. The van der Waals surface area contributed by atoms with Crippen LogP contribution in [0.15, 0.2) is 42.5 Å². The molecule has 1 aromatic heterocycles. The molecule has 31 heavy (non-hydrogen) atoms. The van der Waals surface area contributed by atoms with Gasteiger partial charge < -0.3 is 19.1 Å². The van der Waals surface area contributed by atoms with Gasteiger partial charge in [-0.1, -0.05) is 18.2 Å². The van der Waals surface area contributed by atoms with E-state index in [-0.39, 0.29) is 11.9 Å². The number of amides is 1. The standard InChI is InChI=1S/C25H28N2O4/c1-16-9-7-8-12-27(16)25(28)19-15-21(26-20-11-6-5-10-18(19)20)17-13-22(29-2)24(31-4)23(14-17)30-3/h5-6,10-11,13-16H,7-9,12H2,1-4H3. The van der Waals surface area contributed by atoms with E-state index < -0.39 is 0 Å². The van der Waals surface area contributed by atoms with E-state index in [4.69, 9.17) is 19.2 Å². The zero-order valence-corrected chi connectivity index (χ0v) is 18.5. The number of hydrogen-bond donors (Lipinski definition) is 0. The van der Waals surface area contributed by atoms with Crippen LogP contribution in [0.5, 0.6) is 17.2 Å². The van der Waals surface area contributed by atoms with Crippen molar-refractivity contribution < 1.29 is 19.0 Å². The number of ether oxygens (including phenoxy) is 3. The quantitative estimate of drug-likeness (QED) is 0.585. The van der Waals surface area contributed by atoms with Gasteiger partial charge in [-0.2, -0.15) is 0 Å². The van der Waals surface area contributed by atoms with Crippen LogP contribution >= 0.6 is 0 Å². The summed E-state index contributed by atoms with van der Waals surface area (Å²) >= 11 is 0. The largest absolute Gasteiger partial charge is 0.493 e. The van der Waals surface area contributed by atoms with E-state index in [0.29, 0.717) is 28.5 Å². The highest BCUT2D eigenvalue weighted by Gasteiger charge is 2.26. The van der Waals surface area contributed by atoms with Gasteiger partial charge in [-0.3, -0.25) is 4.79 Å². The van der Waals surface area contributed by atoms with Crippen LogP contribution in [0.4, 0.5) is 0 Å². The van der Waals surface area contributed by atoms with E-state index in [1.54, 1.807) is 21.3 Å². The van der Waals surface area contributed by atoms with Crippen molar-refractivity contribution in [2.24, 2.45) is 0 Å². The number of rotatable bonds is 5. The van der Waals surface area contributed by atoms with Crippen molar-refractivity contribution in [3.63, 3.8) is 0 Å². The average Bonchev–Trinajstić information content (AvgIpc) is 2.82. The van der Waals surface area contributed by atoms with Crippen LogP contribution in [-0.4, -0.2) is 49.7 Å². The van der Waals surface area contributed by atoms with E-state index in [1.807, 2.05) is 47.4 Å². The molecule has 6 nitrogen and oxygen atoms in total. The fraction of sp³-hybridized carbons (Fsp3) is 0.360. The third-order valence-corrected chi connectivity index (χ3v) is 5.97. The molecular formula is C25H28N2O4. The number of aromatic nitrogens is 1. The summed E-state index contributed by atoms with van der Waals surface area (Å²) in [6.45, 7) is 2.91. The second kappa shape index (κ2) is 8.84. The monoisotopic (exact) mass is 420 g/mol. The number of hydrogen-bond acceptors (Lipinski definition) is 5. The second-order valence-electron chi connectivity index (χ2n) is 7.83. The van der Waals surface area contributed by atoms with Crippen LogP contribution in [0.25, 0.3) is 22.2 Å². The van der Waals surface area contributed by atoms with Gasteiger partial charge in [-0.15, -0.1) is 0 Å². The minimum atomic E-state index is 0.0551. The lowest BCUT2D eigenvalue weighted by Crippen LogP contribution is -2.42. The van der Waals surface area contributed by atoms with Gasteiger partial charge >= 0.3 is 0 Å². The molecule has 1 fully saturated rings. The van der Waals surface area contributed by atoms with Gasteiger partial charge in [-0.05, 0) is 50.5 Å². The topological polar surface area (TPSA) is 60.9 Å². The SMILES string of the molecule is COc1cc(-c2cc(C(=O)N3CCCCC3C)c3ccccc3n2)cc(OC)c1OC. The Morgan fingerprint density at radius 2 is 1.71 bits per heavy atom. The number of methoxy groups -OCH3 is 3. The summed E-state index contributed by atoms with van der Waals surface area (Å²) in [7, 11) is 4.74. The van der Waals surface area contributed by atoms with Gasteiger partial charge in [0.05, 0.1) is 38.1 Å². The summed E-state index contributed by atoms with van der Waals surface area (Å²) in [5, 5.41) is 0.862. The minimum Gasteiger partial charge on any atom is -0.493 e. The fourth-order valence-electron chi connectivity index (χ4n) is 4.28. The Hall–Kier alpha value is -3.28. The maximum absolute atomic E-state index is 13.6. The highest BCUT2D eigenvalue weighted by atomic mass is 16.5. The number of piperidine rings is 1. The first-order valence-corrected chi connectivity index (χ1v) is 10.6. The second-order valence-corrected chi connectivity index (χ2v) is 7.83. The molecule has 1 aliphatic rings. The van der Waals surface area contributed by atoms with Crippen molar-refractivity contribution in [2.45, 2.75) is 32.2 Å². The number of carbonyl (C=O) groups is 1. The molecule has 0 saturated carbocycles. The molecule has 1 amide bonds. The maximum Gasteiger partial charge on any atom is 0.254 e. The molecule has 1 unspecified atom stereocenters. The highest BCUT2D eigenvalue weighted by molar-refractivity contribution is 6.07. The molecule has 1 atom stereocenters. The third kappa shape index (κ3) is 3.90. The number of benzene rings is 2. The Kier molecular flexibility index (Phi) is 5.98. The van der Waals surface area contributed by atoms with Gasteiger partial charge in [0.25, 0.3) is 5.91 Å². The van der Waals surface area contributed by atoms with Gasteiger partial charge in [-0.25, -0.2) is 4.98 Å². The van der Waals surface area contributed by atoms with Crippen LogP contribution in [0.1, 0.15) is 36.5 Å². The lowest BCUT2D eigenvalue weighted by Gasteiger charge is -2.33. The van der Waals surface area contributed by atoms with Crippen molar-refractivity contribution in [1.82, 2.24) is 9.88 Å². The van der Waals surface area contributed by atoms with E-state index >= 15 is 0 Å². The van der Waals surface area contributed by atoms with Crippen LogP contribution in [0, 0.1) is 0 Å². The molecule has 2 aromatic carbocycles. The van der Waals surface area contributed by atoms with E-state index in [0.717, 1.165) is 35.9 Å². The first-order valence-electron chi connectivity index (χ1n) is 10.6. The van der Waals surface area contributed by atoms with Crippen molar-refractivity contribution in [3.8, 4) is 28.5 Å². The summed E-state index contributed by atoms with van der Waals surface area (Å²) in [5.74, 6) is 1.67. The average molecular weight is 421 g/mol. The minimum absolute atomic E-state index is 0.0551. The number of para-hydroxylation sites is 1. The van der Waals surface area contributed by atoms with E-state index in [1.165, 1.54) is 6.42 Å². The Labute approximate surface area is 182 Å². The number of pyridine rings is 1. The van der Waals surface area contributed by atoms with Crippen molar-refractivity contribution in [3.05, 3.63) is 48.0 Å². The summed E-state index contributed by atoms with van der Waals surface area (Å²) in [5.41, 5.74) is 2.93. The highest BCUT2D eigenvalue weighted by Crippen LogP contribution is 2.41. The summed E-state index contributed by atoms with van der Waals surface area (Å²) < 4.78 is 16.5. The maximum atomic E-state index is 13.6. The van der Waals surface area contributed by atoms with Crippen LogP contribution in [-0.2, 0) is 0 Å². The third-order valence-electron chi connectivity index (χ3n) is 5.97.